The fraction of sp³-hybridized carbons (Fsp3) is 0.263. The molecule has 0 aliphatic carbocycles. The third kappa shape index (κ3) is 4.17. The molecule has 0 spiro atoms. The number of amidine groups is 1. The lowest BCUT2D eigenvalue weighted by Crippen LogP contribution is -2.34. The minimum Gasteiger partial charge on any atom is -0.324 e. The van der Waals surface area contributed by atoms with Gasteiger partial charge in [-0.25, -0.2) is 8.42 Å². The third-order valence-electron chi connectivity index (χ3n) is 4.17. The second-order valence-electron chi connectivity index (χ2n) is 6.49. The topological polar surface area (TPSA) is 87.6 Å². The van der Waals surface area contributed by atoms with Gasteiger partial charge in [-0.05, 0) is 42.5 Å². The van der Waals surface area contributed by atoms with E-state index in [4.69, 9.17) is 0 Å². The van der Waals surface area contributed by atoms with Crippen molar-refractivity contribution >= 4 is 39.2 Å². The number of aliphatic imine (C=N–C) groups is 1. The van der Waals surface area contributed by atoms with E-state index in [1.165, 1.54) is 6.07 Å². The number of anilines is 1. The number of rotatable bonds is 5. The van der Waals surface area contributed by atoms with Crippen LogP contribution in [0.4, 0.5) is 5.69 Å². The largest absolute Gasteiger partial charge is 0.324 e. The van der Waals surface area contributed by atoms with Crippen molar-refractivity contribution in [2.75, 3.05) is 11.6 Å². The second-order valence-corrected chi connectivity index (χ2v) is 9.02. The van der Waals surface area contributed by atoms with Crippen LogP contribution in [0.1, 0.15) is 19.4 Å². The van der Waals surface area contributed by atoms with E-state index in [1.54, 1.807) is 30.0 Å². The zero-order valence-electron chi connectivity index (χ0n) is 15.3. The van der Waals surface area contributed by atoms with Crippen LogP contribution >= 0.6 is 11.8 Å². The van der Waals surface area contributed by atoms with E-state index in [-0.39, 0.29) is 22.6 Å². The molecule has 27 heavy (non-hydrogen) atoms. The molecular formula is C19H21N3O3S2. The number of benzene rings is 2. The summed E-state index contributed by atoms with van der Waals surface area (Å²) in [6.45, 7) is 3.75. The van der Waals surface area contributed by atoms with Gasteiger partial charge in [-0.3, -0.25) is 14.5 Å². The summed E-state index contributed by atoms with van der Waals surface area (Å²) in [7, 11) is -3.63. The summed E-state index contributed by atoms with van der Waals surface area (Å²) in [6, 6.07) is 13.4. The first-order valence-electron chi connectivity index (χ1n) is 8.47. The Bertz CT molecular complexity index is 1000. The highest BCUT2D eigenvalue weighted by molar-refractivity contribution is 7.98. The van der Waals surface area contributed by atoms with E-state index in [9.17, 15) is 13.2 Å². The van der Waals surface area contributed by atoms with Gasteiger partial charge in [0.2, 0.25) is 5.91 Å². The molecule has 1 atom stereocenters. The molecule has 1 amide bonds. The fourth-order valence-corrected chi connectivity index (χ4v) is 4.49. The molecule has 1 aliphatic rings. The number of nitrogens with zero attached hydrogens (tertiary/aromatic N) is 1. The zero-order valence-corrected chi connectivity index (χ0v) is 16.9. The van der Waals surface area contributed by atoms with Gasteiger partial charge in [0, 0.05) is 16.1 Å². The highest BCUT2D eigenvalue weighted by Crippen LogP contribution is 2.24. The van der Waals surface area contributed by atoms with E-state index in [2.05, 4.69) is 15.0 Å². The van der Waals surface area contributed by atoms with Crippen LogP contribution in [0.5, 0.6) is 0 Å². The van der Waals surface area contributed by atoms with Crippen LogP contribution < -0.4 is 10.0 Å². The Morgan fingerprint density at radius 1 is 1.15 bits per heavy atom. The summed E-state index contributed by atoms with van der Waals surface area (Å²) in [5, 5.41) is 2.88. The number of nitrogens with one attached hydrogen (secondary N) is 2. The molecule has 2 aromatic rings. The van der Waals surface area contributed by atoms with Crippen molar-refractivity contribution < 1.29 is 13.2 Å². The predicted octanol–water partition coefficient (Wildman–Crippen LogP) is 3.11. The first kappa shape index (κ1) is 19.4. The summed E-state index contributed by atoms with van der Waals surface area (Å²) in [4.78, 5) is 18.5. The van der Waals surface area contributed by atoms with Crippen molar-refractivity contribution in [2.24, 2.45) is 10.9 Å². The molecule has 6 nitrogen and oxygen atoms in total. The lowest BCUT2D eigenvalue weighted by Gasteiger charge is -2.17. The Labute approximate surface area is 163 Å². The summed E-state index contributed by atoms with van der Waals surface area (Å²) in [5.74, 6) is -0.185. The Balaban J connectivity index is 1.90. The molecule has 1 heterocycles. The summed E-state index contributed by atoms with van der Waals surface area (Å²) >= 11 is 1.59. The van der Waals surface area contributed by atoms with E-state index < -0.39 is 16.1 Å². The first-order chi connectivity index (χ1) is 12.8. The van der Waals surface area contributed by atoms with Gasteiger partial charge in [0.05, 0.1) is 4.90 Å². The molecular weight excluding hydrogens is 382 g/mol. The molecule has 0 saturated carbocycles. The van der Waals surface area contributed by atoms with Gasteiger partial charge < -0.3 is 5.32 Å². The Hall–Kier alpha value is -2.32. The van der Waals surface area contributed by atoms with Crippen LogP contribution in [-0.2, 0) is 14.8 Å². The van der Waals surface area contributed by atoms with E-state index in [1.807, 2.05) is 44.4 Å². The highest BCUT2D eigenvalue weighted by atomic mass is 32.2. The van der Waals surface area contributed by atoms with E-state index in [0.717, 1.165) is 4.90 Å². The maximum atomic E-state index is 12.8. The molecule has 2 N–H and O–H groups in total. The average molecular weight is 404 g/mol. The number of amides is 1. The van der Waals surface area contributed by atoms with Crippen molar-refractivity contribution in [3.05, 3.63) is 54.1 Å². The molecule has 2 aromatic carbocycles. The maximum Gasteiger partial charge on any atom is 0.263 e. The highest BCUT2D eigenvalue weighted by Gasteiger charge is 2.32. The lowest BCUT2D eigenvalue weighted by atomic mass is 10.0. The molecule has 8 heteroatoms. The summed E-state index contributed by atoms with van der Waals surface area (Å²) in [6.07, 6.45) is 1.97. The van der Waals surface area contributed by atoms with Crippen molar-refractivity contribution in [3.8, 4) is 0 Å². The van der Waals surface area contributed by atoms with Crippen LogP contribution in [0, 0.1) is 5.92 Å². The van der Waals surface area contributed by atoms with Gasteiger partial charge in [0.25, 0.3) is 10.0 Å². The standard InChI is InChI=1S/C19H21N3O3S2/c1-12(2)17(19(23)20-13-7-6-8-14(11-13)26-3)21-18-15-9-4-5-10-16(15)27(24,25)22-18/h4-12,17H,1-3H3,(H,20,23)(H,21,22)/t17-/m0/s1. The van der Waals surface area contributed by atoms with Gasteiger partial charge in [0.1, 0.15) is 11.9 Å². The summed E-state index contributed by atoms with van der Waals surface area (Å²) in [5.41, 5.74) is 1.17. The van der Waals surface area contributed by atoms with Gasteiger partial charge >= 0.3 is 0 Å². The normalized spacial score (nSPS) is 17.4. The molecule has 0 unspecified atom stereocenters. The Morgan fingerprint density at radius 3 is 2.59 bits per heavy atom. The smallest absolute Gasteiger partial charge is 0.263 e. The van der Waals surface area contributed by atoms with Gasteiger partial charge in [-0.1, -0.05) is 32.0 Å². The van der Waals surface area contributed by atoms with Crippen LogP contribution in [-0.4, -0.2) is 32.5 Å². The van der Waals surface area contributed by atoms with Crippen molar-refractivity contribution in [1.82, 2.24) is 4.72 Å². The van der Waals surface area contributed by atoms with Gasteiger partial charge in [-0.15, -0.1) is 11.8 Å². The number of carbonyl (C=O) groups excluding carboxylic acids is 1. The summed E-state index contributed by atoms with van der Waals surface area (Å²) < 4.78 is 27.0. The zero-order chi connectivity index (χ0) is 19.6. The third-order valence-corrected chi connectivity index (χ3v) is 6.29. The minimum atomic E-state index is -3.63. The Morgan fingerprint density at radius 2 is 1.89 bits per heavy atom. The van der Waals surface area contributed by atoms with Crippen molar-refractivity contribution in [3.63, 3.8) is 0 Å². The molecule has 3 rings (SSSR count). The average Bonchev–Trinajstić information content (AvgIpc) is 2.90. The SMILES string of the molecule is CSc1cccc(NC(=O)[C@@H](N=C2NS(=O)(=O)c3ccccc32)C(C)C)c1. The monoisotopic (exact) mass is 403 g/mol. The van der Waals surface area contributed by atoms with Gasteiger partial charge in [-0.2, -0.15) is 0 Å². The molecule has 0 radical (unpaired) electrons. The number of fused-ring (bicyclic) bond motifs is 1. The number of thioether (sulfide) groups is 1. The van der Waals surface area contributed by atoms with E-state index in [0.29, 0.717) is 11.3 Å². The van der Waals surface area contributed by atoms with Crippen LogP contribution in [0.25, 0.3) is 0 Å². The lowest BCUT2D eigenvalue weighted by molar-refractivity contribution is -0.118. The van der Waals surface area contributed by atoms with Crippen LogP contribution in [0.15, 0.2) is 63.3 Å². The fourth-order valence-electron chi connectivity index (χ4n) is 2.80. The Kier molecular flexibility index (Phi) is 5.57. The van der Waals surface area contributed by atoms with Gasteiger partial charge in [0.15, 0.2) is 0 Å². The predicted molar refractivity (Wildman–Crippen MR) is 109 cm³/mol. The number of hydrogen-bond donors (Lipinski definition) is 2. The molecule has 142 valence electrons. The molecule has 0 fully saturated rings. The van der Waals surface area contributed by atoms with Crippen molar-refractivity contribution in [2.45, 2.75) is 29.7 Å². The number of sulfonamides is 1. The molecule has 1 aliphatic heterocycles. The molecule has 0 aromatic heterocycles. The molecule has 0 saturated heterocycles. The maximum absolute atomic E-state index is 12.8. The van der Waals surface area contributed by atoms with Crippen LogP contribution in [0.2, 0.25) is 0 Å². The first-order valence-corrected chi connectivity index (χ1v) is 11.2. The van der Waals surface area contributed by atoms with Crippen LogP contribution in [0.3, 0.4) is 0 Å². The minimum absolute atomic E-state index is 0.113. The number of hydrogen-bond acceptors (Lipinski definition) is 5. The second kappa shape index (κ2) is 7.74. The number of carbonyl (C=O) groups is 1. The van der Waals surface area contributed by atoms with Crippen molar-refractivity contribution in [1.29, 1.82) is 0 Å². The quantitative estimate of drug-likeness (QED) is 0.751. The van der Waals surface area contributed by atoms with E-state index >= 15 is 0 Å². The molecule has 0 bridgehead atoms.